The van der Waals surface area contributed by atoms with Crippen molar-refractivity contribution in [3.05, 3.63) is 65.3 Å². The molecule has 2 saturated carbocycles. The first-order chi connectivity index (χ1) is 13.2. The van der Waals surface area contributed by atoms with Crippen molar-refractivity contribution in [1.82, 2.24) is 4.90 Å². The van der Waals surface area contributed by atoms with Gasteiger partial charge in [-0.15, -0.1) is 0 Å². The number of hydrogen-bond donors (Lipinski definition) is 0. The molecule has 0 aromatic heterocycles. The third kappa shape index (κ3) is 1.40. The fourth-order valence-corrected chi connectivity index (χ4v) is 6.87. The Bertz CT molecular complexity index is 1010. The maximum Gasteiger partial charge on any atom is 0.245 e. The van der Waals surface area contributed by atoms with Crippen LogP contribution in [0.25, 0.3) is 6.08 Å². The van der Waals surface area contributed by atoms with Gasteiger partial charge >= 0.3 is 0 Å². The quantitative estimate of drug-likeness (QED) is 0.761. The Labute approximate surface area is 159 Å². The summed E-state index contributed by atoms with van der Waals surface area (Å²) in [5.74, 6) is 0.0689. The van der Waals surface area contributed by atoms with Gasteiger partial charge in [-0.1, -0.05) is 73.9 Å². The van der Waals surface area contributed by atoms with Gasteiger partial charge in [0.05, 0.1) is 16.9 Å². The lowest BCUT2D eigenvalue weighted by atomic mass is 9.72. The van der Waals surface area contributed by atoms with Crippen LogP contribution in [0.1, 0.15) is 43.2 Å². The number of benzene rings is 1. The molecule has 1 saturated heterocycles. The predicted octanol–water partition coefficient (Wildman–Crippen LogP) is 4.13. The zero-order valence-corrected chi connectivity index (χ0v) is 15.3. The Morgan fingerprint density at radius 1 is 1.11 bits per heavy atom. The van der Waals surface area contributed by atoms with Gasteiger partial charge in [0, 0.05) is 12.6 Å². The normalized spacial score (nSPS) is 38.4. The Hall–Kier alpha value is -2.60. The monoisotopic (exact) mass is 354 g/mol. The van der Waals surface area contributed by atoms with E-state index in [0.29, 0.717) is 12.6 Å². The van der Waals surface area contributed by atoms with E-state index in [2.05, 4.69) is 47.4 Å². The van der Waals surface area contributed by atoms with Crippen LogP contribution in [0.3, 0.4) is 0 Å². The van der Waals surface area contributed by atoms with E-state index < -0.39 is 16.2 Å². The summed E-state index contributed by atoms with van der Waals surface area (Å²) in [6.07, 6.45) is 16.3. The molecule has 3 fully saturated rings. The smallest absolute Gasteiger partial charge is 0.245 e. The highest BCUT2D eigenvalue weighted by Crippen LogP contribution is 2.87. The molecule has 1 amide bonds. The van der Waals surface area contributed by atoms with Crippen molar-refractivity contribution in [2.24, 2.45) is 10.8 Å². The molecular formula is C24H22N2O. The van der Waals surface area contributed by atoms with Gasteiger partial charge in [0.2, 0.25) is 5.91 Å². The molecule has 4 aliphatic carbocycles. The van der Waals surface area contributed by atoms with E-state index in [0.717, 1.165) is 18.4 Å². The van der Waals surface area contributed by atoms with Gasteiger partial charge in [-0.2, -0.15) is 5.26 Å². The number of hydrogen-bond acceptors (Lipinski definition) is 2. The summed E-state index contributed by atoms with van der Waals surface area (Å²) in [4.78, 5) is 15.9. The lowest BCUT2D eigenvalue weighted by molar-refractivity contribution is -0.135. The standard InChI is InChI=1S/C24H22N2O/c25-15-23-21(27)26(19-10-2-1-3-11-19)16-24(23)20-12-5-4-8-17(20)14-18-9-6-7-13-22(18,23)24/h4-9,12-14,19H,1-3,10-11,16H2. The first kappa shape index (κ1) is 15.5. The highest BCUT2D eigenvalue weighted by atomic mass is 16.2. The topological polar surface area (TPSA) is 44.1 Å². The van der Waals surface area contributed by atoms with Gasteiger partial charge in [-0.05, 0) is 29.5 Å². The number of rotatable bonds is 1. The van der Waals surface area contributed by atoms with Gasteiger partial charge in [0.15, 0.2) is 5.41 Å². The van der Waals surface area contributed by atoms with Crippen LogP contribution in [0, 0.1) is 22.2 Å². The van der Waals surface area contributed by atoms with Crippen LogP contribution in [-0.4, -0.2) is 23.4 Å². The van der Waals surface area contributed by atoms with Gasteiger partial charge in [-0.3, -0.25) is 4.79 Å². The molecule has 27 heavy (non-hydrogen) atoms. The van der Waals surface area contributed by atoms with Crippen LogP contribution < -0.4 is 0 Å². The lowest BCUT2D eigenvalue weighted by Gasteiger charge is -2.39. The predicted molar refractivity (Wildman–Crippen MR) is 103 cm³/mol. The van der Waals surface area contributed by atoms with E-state index in [1.807, 2.05) is 18.2 Å². The zero-order chi connectivity index (χ0) is 18.3. The Morgan fingerprint density at radius 2 is 1.93 bits per heavy atom. The summed E-state index contributed by atoms with van der Waals surface area (Å²) in [6.45, 7) is 0.677. The molecule has 134 valence electrons. The van der Waals surface area contributed by atoms with Crippen LogP contribution >= 0.6 is 0 Å². The molecule has 3 nitrogen and oxygen atoms in total. The van der Waals surface area contributed by atoms with Crippen molar-refractivity contribution in [3.8, 4) is 6.07 Å². The fourth-order valence-electron chi connectivity index (χ4n) is 6.87. The second-order valence-corrected chi connectivity index (χ2v) is 8.71. The molecular weight excluding hydrogens is 332 g/mol. The van der Waals surface area contributed by atoms with E-state index in [-0.39, 0.29) is 5.91 Å². The summed E-state index contributed by atoms with van der Waals surface area (Å²) in [5, 5.41) is 10.5. The zero-order valence-electron chi connectivity index (χ0n) is 15.3. The average molecular weight is 354 g/mol. The highest BCUT2D eigenvalue weighted by molar-refractivity contribution is 6.03. The maximum absolute atomic E-state index is 13.8. The third-order valence-corrected chi connectivity index (χ3v) is 7.93. The molecule has 0 bridgehead atoms. The number of fused-ring (bicyclic) bond motifs is 1. The molecule has 3 atom stereocenters. The maximum atomic E-state index is 13.8. The first-order valence-electron chi connectivity index (χ1n) is 10.1. The Morgan fingerprint density at radius 3 is 2.74 bits per heavy atom. The van der Waals surface area contributed by atoms with Crippen LogP contribution in [0.5, 0.6) is 0 Å². The number of likely N-dealkylation sites (tertiary alicyclic amines) is 1. The number of allylic oxidation sites excluding steroid dienone is 5. The van der Waals surface area contributed by atoms with Crippen molar-refractivity contribution in [2.45, 2.75) is 43.6 Å². The van der Waals surface area contributed by atoms with Crippen LogP contribution in [0.4, 0.5) is 0 Å². The number of nitrogens with zero attached hydrogens (tertiary/aromatic N) is 2. The Balaban J connectivity index is 1.59. The van der Waals surface area contributed by atoms with E-state index in [4.69, 9.17) is 0 Å². The third-order valence-electron chi connectivity index (χ3n) is 7.93. The Kier molecular flexibility index (Phi) is 2.75. The van der Waals surface area contributed by atoms with Crippen LogP contribution in [0.15, 0.2) is 54.1 Å². The van der Waals surface area contributed by atoms with E-state index in [1.54, 1.807) is 0 Å². The lowest BCUT2D eigenvalue weighted by Crippen LogP contribution is -2.46. The molecule has 2 spiro atoms. The minimum Gasteiger partial charge on any atom is -0.337 e. The number of piperidine rings is 1. The van der Waals surface area contributed by atoms with E-state index >= 15 is 0 Å². The van der Waals surface area contributed by atoms with Crippen molar-refractivity contribution in [3.63, 3.8) is 0 Å². The van der Waals surface area contributed by atoms with Gasteiger partial charge < -0.3 is 4.90 Å². The second kappa shape index (κ2) is 4.81. The molecule has 3 unspecified atom stereocenters. The summed E-state index contributed by atoms with van der Waals surface area (Å²) in [5.41, 5.74) is 1.56. The molecule has 1 aromatic carbocycles. The minimum atomic E-state index is -0.989. The van der Waals surface area contributed by atoms with Gasteiger partial charge in [0.25, 0.3) is 0 Å². The number of amides is 1. The van der Waals surface area contributed by atoms with Gasteiger partial charge in [0.1, 0.15) is 0 Å². The van der Waals surface area contributed by atoms with Crippen LogP contribution in [-0.2, 0) is 10.2 Å². The molecule has 1 heterocycles. The highest BCUT2D eigenvalue weighted by Gasteiger charge is 2.96. The molecule has 0 N–H and O–H groups in total. The largest absolute Gasteiger partial charge is 0.337 e. The molecule has 3 heteroatoms. The van der Waals surface area contributed by atoms with E-state index in [9.17, 15) is 10.1 Å². The number of nitriles is 1. The SMILES string of the molecule is N#CC12C(=O)N(C3CCCCC3)CC13c1ccccc1C=C1C=CC=CC123. The molecule has 6 rings (SSSR count). The average Bonchev–Trinajstić information content (AvgIpc) is 3.14. The second-order valence-electron chi connectivity index (χ2n) is 8.71. The first-order valence-corrected chi connectivity index (χ1v) is 10.1. The summed E-state index contributed by atoms with van der Waals surface area (Å²) in [6, 6.07) is 11.3. The molecule has 0 radical (unpaired) electrons. The molecule has 5 aliphatic rings. The molecule has 1 aliphatic heterocycles. The summed E-state index contributed by atoms with van der Waals surface area (Å²) >= 11 is 0. The van der Waals surface area contributed by atoms with Crippen molar-refractivity contribution < 1.29 is 4.79 Å². The number of carbonyl (C=O) groups excluding carboxylic acids is 1. The summed E-state index contributed by atoms with van der Waals surface area (Å²) < 4.78 is 0. The van der Waals surface area contributed by atoms with Gasteiger partial charge in [-0.25, -0.2) is 0 Å². The van der Waals surface area contributed by atoms with Crippen LogP contribution in [0.2, 0.25) is 0 Å². The van der Waals surface area contributed by atoms with E-state index in [1.165, 1.54) is 30.4 Å². The minimum absolute atomic E-state index is 0.0689. The van der Waals surface area contributed by atoms with Crippen molar-refractivity contribution in [1.29, 1.82) is 5.26 Å². The number of carbonyl (C=O) groups is 1. The van der Waals surface area contributed by atoms with Crippen molar-refractivity contribution in [2.75, 3.05) is 6.54 Å². The van der Waals surface area contributed by atoms with Crippen molar-refractivity contribution >= 4 is 12.0 Å². The fraction of sp³-hybridized carbons (Fsp3) is 0.417. The molecule has 1 aromatic rings. The summed E-state index contributed by atoms with van der Waals surface area (Å²) in [7, 11) is 0.